The Balaban J connectivity index is 0.00000683. The summed E-state index contributed by atoms with van der Waals surface area (Å²) >= 11 is 0. The van der Waals surface area contributed by atoms with Crippen molar-refractivity contribution in [3.05, 3.63) is 172 Å². The first kappa shape index (κ1) is 46.3. The second kappa shape index (κ2) is 20.2. The van der Waals surface area contributed by atoms with Crippen molar-refractivity contribution >= 4 is 78.1 Å². The van der Waals surface area contributed by atoms with Crippen LogP contribution in [-0.2, 0) is 33.3 Å². The Morgan fingerprint density at radius 2 is 1.33 bits per heavy atom. The van der Waals surface area contributed by atoms with Crippen molar-refractivity contribution in [1.29, 1.82) is 0 Å². The van der Waals surface area contributed by atoms with E-state index in [2.05, 4.69) is 89.3 Å². The van der Waals surface area contributed by atoms with Crippen LogP contribution in [0.2, 0.25) is 0 Å². The molecule has 0 saturated carbocycles. The second-order valence-electron chi connectivity index (χ2n) is 14.3. The molecule has 0 saturated heterocycles. The van der Waals surface area contributed by atoms with Crippen molar-refractivity contribution < 1.29 is 35.3 Å². The average molecular weight is 856 g/mol. The molecule has 1 aliphatic rings. The van der Waals surface area contributed by atoms with Gasteiger partial charge in [0.15, 0.2) is 12.3 Å². The van der Waals surface area contributed by atoms with Gasteiger partial charge in [0.05, 0.1) is 16.4 Å². The largest absolute Gasteiger partial charge is 0.494 e. The van der Waals surface area contributed by atoms with Crippen molar-refractivity contribution in [2.24, 2.45) is 0 Å². The van der Waals surface area contributed by atoms with E-state index >= 15 is 0 Å². The van der Waals surface area contributed by atoms with E-state index in [9.17, 15) is 25.9 Å². The van der Waals surface area contributed by atoms with Crippen molar-refractivity contribution in [1.82, 2.24) is 0 Å². The molecule has 0 heterocycles. The van der Waals surface area contributed by atoms with Gasteiger partial charge in [-0.2, -0.15) is 16.8 Å². The van der Waals surface area contributed by atoms with Crippen LogP contribution >= 0.6 is 0 Å². The minimum absolute atomic E-state index is 0. The molecule has 0 unspecified atom stereocenters. The van der Waals surface area contributed by atoms with E-state index in [0.29, 0.717) is 32.8 Å². The van der Waals surface area contributed by atoms with Crippen LogP contribution in [0.3, 0.4) is 0 Å². The molecule has 0 amide bonds. The summed E-state index contributed by atoms with van der Waals surface area (Å²) in [5, 5.41) is 3.49. The predicted molar refractivity (Wildman–Crippen MR) is 242 cm³/mol. The van der Waals surface area contributed by atoms with Crippen LogP contribution in [0.25, 0.3) is 5.57 Å². The number of benzene rings is 5. The van der Waals surface area contributed by atoms with Gasteiger partial charge in [-0.3, -0.25) is 9.11 Å². The van der Waals surface area contributed by atoms with E-state index < -0.39 is 20.2 Å². The van der Waals surface area contributed by atoms with E-state index in [1.165, 1.54) is 24.3 Å². The van der Waals surface area contributed by atoms with Crippen molar-refractivity contribution in [3.8, 4) is 5.75 Å². The summed E-state index contributed by atoms with van der Waals surface area (Å²) in [7, 11) is -8.65. The van der Waals surface area contributed by atoms with Crippen LogP contribution in [0.15, 0.2) is 154 Å². The van der Waals surface area contributed by atoms with Crippen LogP contribution in [0.5, 0.6) is 5.75 Å². The van der Waals surface area contributed by atoms with Crippen molar-refractivity contribution in [2.75, 3.05) is 29.9 Å². The van der Waals surface area contributed by atoms with Crippen molar-refractivity contribution in [2.45, 2.75) is 57.5 Å². The number of hydrogen-bond donors (Lipinski definition) is 3. The molecule has 0 aromatic heterocycles. The van der Waals surface area contributed by atoms with Crippen molar-refractivity contribution in [3.63, 3.8) is 0 Å². The van der Waals surface area contributed by atoms with Gasteiger partial charge in [-0.05, 0) is 152 Å². The molecular formula is C47H50N3NaO7S2+. The number of aryl methyl sites for hydroxylation is 1. The molecule has 0 spiro atoms. The van der Waals surface area contributed by atoms with Crippen LogP contribution in [0.4, 0.5) is 17.1 Å². The molecule has 0 aliphatic heterocycles. The third-order valence-electron chi connectivity index (χ3n) is 10.2. The number of anilines is 3. The van der Waals surface area contributed by atoms with Gasteiger partial charge < -0.3 is 15.0 Å². The number of rotatable bonds is 15. The summed E-state index contributed by atoms with van der Waals surface area (Å²) in [6, 6.07) is 35.3. The Kier molecular flexibility index (Phi) is 15.6. The first-order chi connectivity index (χ1) is 28.2. The maximum absolute atomic E-state index is 11.8. The quantitative estimate of drug-likeness (QED) is 0.0535. The molecule has 10 nitrogen and oxygen atoms in total. The Bertz CT molecular complexity index is 2690. The number of allylic oxidation sites excluding steroid dienone is 5. The van der Waals surface area contributed by atoms with E-state index in [0.717, 1.165) is 73.1 Å². The minimum atomic E-state index is -4.32. The maximum atomic E-state index is 11.8. The molecule has 1 radical (unpaired) electrons. The zero-order chi connectivity index (χ0) is 42.3. The van der Waals surface area contributed by atoms with E-state index in [1.54, 1.807) is 12.1 Å². The molecule has 3 N–H and O–H groups in total. The van der Waals surface area contributed by atoms with E-state index in [1.807, 2.05) is 57.2 Å². The third-order valence-corrected chi connectivity index (χ3v) is 11.9. The molecule has 6 rings (SSSR count). The fourth-order valence-corrected chi connectivity index (χ4v) is 8.32. The van der Waals surface area contributed by atoms with Gasteiger partial charge in [0.25, 0.3) is 20.2 Å². The smallest absolute Gasteiger partial charge is 0.294 e. The van der Waals surface area contributed by atoms with Gasteiger partial charge >= 0.3 is 0 Å². The maximum Gasteiger partial charge on any atom is 0.294 e. The Labute approximate surface area is 376 Å². The zero-order valence-corrected chi connectivity index (χ0v) is 38.5. The summed E-state index contributed by atoms with van der Waals surface area (Å²) in [6.07, 6.45) is 6.37. The molecule has 5 aromatic carbocycles. The van der Waals surface area contributed by atoms with E-state index in [-0.39, 0.29) is 39.3 Å². The molecule has 0 fully saturated rings. The van der Waals surface area contributed by atoms with Gasteiger partial charge in [-0.25, -0.2) is 4.58 Å². The normalized spacial score (nSPS) is 14.5. The third kappa shape index (κ3) is 11.5. The molecule has 60 heavy (non-hydrogen) atoms. The van der Waals surface area contributed by atoms with Gasteiger partial charge in [0, 0.05) is 77.4 Å². The van der Waals surface area contributed by atoms with E-state index in [4.69, 9.17) is 4.74 Å². The minimum Gasteiger partial charge on any atom is -0.494 e. The van der Waals surface area contributed by atoms with Crippen LogP contribution in [0, 0.1) is 6.92 Å². The summed E-state index contributed by atoms with van der Waals surface area (Å²) in [5.41, 5.74) is 11.6. The summed E-state index contributed by atoms with van der Waals surface area (Å²) < 4.78 is 74.3. The van der Waals surface area contributed by atoms with Crippen LogP contribution < -0.4 is 15.0 Å². The summed E-state index contributed by atoms with van der Waals surface area (Å²) in [5.74, 6) is 0.817. The molecule has 307 valence electrons. The van der Waals surface area contributed by atoms with Gasteiger partial charge in [-0.1, -0.05) is 42.5 Å². The number of nitrogens with zero attached hydrogens (tertiary/aromatic N) is 2. The molecule has 5 aromatic rings. The molecule has 1 aliphatic carbocycles. The number of ether oxygens (including phenoxy) is 1. The molecule has 13 heteroatoms. The monoisotopic (exact) mass is 855 g/mol. The fraction of sp³-hybridized carbons (Fsp3) is 0.213. The molecule has 0 atom stereocenters. The Morgan fingerprint density at radius 1 is 0.733 bits per heavy atom. The molecular weight excluding hydrogens is 806 g/mol. The second-order valence-corrected chi connectivity index (χ2v) is 17.1. The first-order valence-corrected chi connectivity index (χ1v) is 22.4. The Hall–Kier alpha value is -4.79. The number of hydrogen-bond acceptors (Lipinski definition) is 7. The first-order valence-electron chi connectivity index (χ1n) is 19.5. The van der Waals surface area contributed by atoms with Gasteiger partial charge in [-0.15, -0.1) is 0 Å². The average Bonchev–Trinajstić information content (AvgIpc) is 3.21. The van der Waals surface area contributed by atoms with Crippen LogP contribution in [-0.4, -0.2) is 85.5 Å². The standard InChI is InChI=1S/C47H49N3O7S2.Na/c1-6-49(31-35-11-9-13-43(29-35)58(51,52)53)40-21-25-45(33(4)27-40)47(37-15-17-38(18-16-37)48-39-19-23-42(24-20-39)57-8-3)46-26-22-41(28-34(46)5)50(7-2)32-36-12-10-14-44(30-36)59(54,55)56;/h9-30H,6-8,31-32H2,1-5H3,(H2,51,52,53,54,55,56);/p+1. The topological polar surface area (TPSA) is 136 Å². The summed E-state index contributed by atoms with van der Waals surface area (Å²) in [6.45, 7) is 13.1. The van der Waals surface area contributed by atoms with Crippen LogP contribution in [0.1, 0.15) is 55.5 Å². The van der Waals surface area contributed by atoms with Gasteiger partial charge in [0.1, 0.15) is 12.3 Å². The predicted octanol–water partition coefficient (Wildman–Crippen LogP) is 9.27. The Morgan fingerprint density at radius 3 is 1.88 bits per heavy atom. The molecule has 0 bridgehead atoms. The fourth-order valence-electron chi connectivity index (χ4n) is 7.21. The van der Waals surface area contributed by atoms with Gasteiger partial charge in [0.2, 0.25) is 0 Å². The zero-order valence-electron chi connectivity index (χ0n) is 34.9. The summed E-state index contributed by atoms with van der Waals surface area (Å²) in [4.78, 5) is 1.89. The number of nitrogens with one attached hydrogen (secondary N) is 1. The SMILES string of the molecule is CCOc1ccc(Nc2ccc(/C(=C3/C=CC(=[N+](CC)Cc4cccc(S(=O)(=O)O)c4)C=C3C)c3ccc(N(CC)Cc4cccc(S(=O)(=O)O)c4)cc3C)cc2)cc1.[Na].